The number of carbonyl (C=O) groups excluding carboxylic acids is 2. The highest BCUT2D eigenvalue weighted by Gasteiger charge is 2.25. The molecule has 2 rings (SSSR count). The van der Waals surface area contributed by atoms with Crippen molar-refractivity contribution >= 4 is 41.5 Å². The molecule has 0 radical (unpaired) electrons. The normalized spacial score (nSPS) is 19.5. The molecule has 1 fully saturated rings. The molecular formula is C17H25Cl2N3O2. The van der Waals surface area contributed by atoms with E-state index in [1.54, 1.807) is 18.2 Å². The summed E-state index contributed by atoms with van der Waals surface area (Å²) >= 11 is 6.02. The molecule has 0 bridgehead atoms. The highest BCUT2D eigenvalue weighted by atomic mass is 35.5. The molecule has 24 heavy (non-hydrogen) atoms. The predicted octanol–water partition coefficient (Wildman–Crippen LogP) is 3.03. The Morgan fingerprint density at radius 1 is 1.29 bits per heavy atom. The van der Waals surface area contributed by atoms with Crippen LogP contribution >= 0.6 is 24.0 Å². The minimum Gasteiger partial charge on any atom is -0.356 e. The van der Waals surface area contributed by atoms with Gasteiger partial charge < -0.3 is 16.4 Å². The van der Waals surface area contributed by atoms with Gasteiger partial charge in [0.15, 0.2) is 0 Å². The smallest absolute Gasteiger partial charge is 0.226 e. The van der Waals surface area contributed by atoms with Gasteiger partial charge in [-0.25, -0.2) is 0 Å². The molecule has 1 saturated carbocycles. The number of hydrogen-bond donors (Lipinski definition) is 3. The zero-order valence-corrected chi connectivity index (χ0v) is 15.4. The number of nitrogens with one attached hydrogen (secondary N) is 2. The molecule has 0 aromatic heterocycles. The molecule has 0 unspecified atom stereocenters. The van der Waals surface area contributed by atoms with Crippen LogP contribution in [-0.4, -0.2) is 24.4 Å². The number of amides is 2. The van der Waals surface area contributed by atoms with Gasteiger partial charge in [0.25, 0.3) is 0 Å². The third-order valence-corrected chi connectivity index (χ3v) is 4.79. The molecule has 2 amide bonds. The maximum atomic E-state index is 11.9. The molecule has 1 aliphatic rings. The number of benzene rings is 1. The molecule has 0 spiro atoms. The first kappa shape index (κ1) is 20.7. The molecule has 7 heteroatoms. The molecule has 1 aliphatic carbocycles. The van der Waals surface area contributed by atoms with Gasteiger partial charge in [-0.1, -0.05) is 24.1 Å². The van der Waals surface area contributed by atoms with Crippen molar-refractivity contribution < 1.29 is 9.59 Å². The van der Waals surface area contributed by atoms with Crippen molar-refractivity contribution in [2.24, 2.45) is 11.7 Å². The minimum atomic E-state index is -0.145. The second kappa shape index (κ2) is 9.87. The predicted molar refractivity (Wildman–Crippen MR) is 99.6 cm³/mol. The van der Waals surface area contributed by atoms with Crippen LogP contribution in [-0.2, 0) is 9.59 Å². The monoisotopic (exact) mass is 373 g/mol. The van der Waals surface area contributed by atoms with E-state index in [0.717, 1.165) is 24.8 Å². The van der Waals surface area contributed by atoms with E-state index in [0.29, 0.717) is 23.7 Å². The Labute approximate surface area is 154 Å². The van der Waals surface area contributed by atoms with Gasteiger partial charge in [0.1, 0.15) is 0 Å². The molecule has 5 nitrogen and oxygen atoms in total. The van der Waals surface area contributed by atoms with Gasteiger partial charge in [-0.2, -0.15) is 0 Å². The van der Waals surface area contributed by atoms with E-state index in [-0.39, 0.29) is 42.6 Å². The molecular weight excluding hydrogens is 349 g/mol. The van der Waals surface area contributed by atoms with E-state index in [1.807, 2.05) is 6.92 Å². The first-order valence-electron chi connectivity index (χ1n) is 8.04. The van der Waals surface area contributed by atoms with Crippen LogP contribution in [0.15, 0.2) is 18.2 Å². The highest BCUT2D eigenvalue weighted by Crippen LogP contribution is 2.26. The Bertz CT molecular complexity index is 581. The first-order valence-corrected chi connectivity index (χ1v) is 8.42. The Hall–Kier alpha value is -1.30. The van der Waals surface area contributed by atoms with Gasteiger partial charge >= 0.3 is 0 Å². The zero-order chi connectivity index (χ0) is 16.8. The third kappa shape index (κ3) is 5.96. The Morgan fingerprint density at radius 3 is 2.71 bits per heavy atom. The number of hydrogen-bond acceptors (Lipinski definition) is 3. The topological polar surface area (TPSA) is 84.2 Å². The van der Waals surface area contributed by atoms with Gasteiger partial charge in [0.2, 0.25) is 11.8 Å². The van der Waals surface area contributed by atoms with Gasteiger partial charge in [-0.15, -0.1) is 12.4 Å². The van der Waals surface area contributed by atoms with E-state index in [9.17, 15) is 9.59 Å². The lowest BCUT2D eigenvalue weighted by molar-refractivity contribution is -0.122. The largest absolute Gasteiger partial charge is 0.356 e. The second-order valence-corrected chi connectivity index (χ2v) is 6.53. The number of halogens is 2. The van der Waals surface area contributed by atoms with E-state index in [1.165, 1.54) is 0 Å². The fraction of sp³-hybridized carbons (Fsp3) is 0.529. The highest BCUT2D eigenvalue weighted by molar-refractivity contribution is 6.31. The van der Waals surface area contributed by atoms with Gasteiger partial charge in [0, 0.05) is 36.1 Å². The van der Waals surface area contributed by atoms with Crippen molar-refractivity contribution in [3.8, 4) is 0 Å². The summed E-state index contributed by atoms with van der Waals surface area (Å²) in [6, 6.07) is 5.51. The van der Waals surface area contributed by atoms with E-state index in [4.69, 9.17) is 17.3 Å². The maximum Gasteiger partial charge on any atom is 0.226 e. The van der Waals surface area contributed by atoms with E-state index in [2.05, 4.69) is 10.6 Å². The van der Waals surface area contributed by atoms with E-state index < -0.39 is 0 Å². The number of carbonyl (C=O) groups is 2. The number of anilines is 1. The SMILES string of the molecule is Cc1c(Cl)cccc1NC(=O)CCNC(=O)C[C@@H]1CCC[C@H]1N.Cl. The quantitative estimate of drug-likeness (QED) is 0.716. The summed E-state index contributed by atoms with van der Waals surface area (Å²) in [7, 11) is 0. The van der Waals surface area contributed by atoms with Crippen LogP contribution < -0.4 is 16.4 Å². The average molecular weight is 374 g/mol. The standard InChI is InChI=1S/C17H24ClN3O2.ClH/c1-11-13(18)5-3-7-15(11)21-16(22)8-9-20-17(23)10-12-4-2-6-14(12)19;/h3,5,7,12,14H,2,4,6,8-10,19H2,1H3,(H,20,23)(H,21,22);1H/t12-,14+;/m0./s1. The average Bonchev–Trinajstić information content (AvgIpc) is 2.89. The second-order valence-electron chi connectivity index (χ2n) is 6.12. The first-order chi connectivity index (χ1) is 11.0. The molecule has 0 aliphatic heterocycles. The summed E-state index contributed by atoms with van der Waals surface area (Å²) in [5, 5.41) is 6.22. The van der Waals surface area contributed by atoms with Crippen LogP contribution in [0.1, 0.15) is 37.7 Å². The van der Waals surface area contributed by atoms with Crippen molar-refractivity contribution in [3.63, 3.8) is 0 Å². The van der Waals surface area contributed by atoms with Crippen LogP contribution in [0.5, 0.6) is 0 Å². The molecule has 1 aromatic rings. The third-order valence-electron chi connectivity index (χ3n) is 4.38. The van der Waals surface area contributed by atoms with Gasteiger partial charge in [-0.05, 0) is 43.4 Å². The zero-order valence-electron chi connectivity index (χ0n) is 13.8. The molecule has 2 atom stereocenters. The fourth-order valence-corrected chi connectivity index (χ4v) is 3.07. The Balaban J connectivity index is 0.00000288. The lowest BCUT2D eigenvalue weighted by Crippen LogP contribution is -2.33. The Kier molecular flexibility index (Phi) is 8.53. The summed E-state index contributed by atoms with van der Waals surface area (Å²) in [6.45, 7) is 2.18. The molecule has 4 N–H and O–H groups in total. The maximum absolute atomic E-state index is 11.9. The Morgan fingerprint density at radius 2 is 2.04 bits per heavy atom. The molecule has 134 valence electrons. The van der Waals surface area contributed by atoms with Crippen LogP contribution in [0.2, 0.25) is 5.02 Å². The fourth-order valence-electron chi connectivity index (χ4n) is 2.90. The summed E-state index contributed by atoms with van der Waals surface area (Å²) in [6.07, 6.45) is 3.80. The van der Waals surface area contributed by atoms with Crippen LogP contribution in [0.3, 0.4) is 0 Å². The minimum absolute atomic E-state index is 0. The van der Waals surface area contributed by atoms with Crippen LogP contribution in [0.4, 0.5) is 5.69 Å². The van der Waals surface area contributed by atoms with Crippen LogP contribution in [0, 0.1) is 12.8 Å². The van der Waals surface area contributed by atoms with Crippen molar-refractivity contribution in [3.05, 3.63) is 28.8 Å². The lowest BCUT2D eigenvalue weighted by atomic mass is 10.00. The molecule has 1 aromatic carbocycles. The molecule has 0 heterocycles. The summed E-state index contributed by atoms with van der Waals surface area (Å²) in [5.41, 5.74) is 7.50. The summed E-state index contributed by atoms with van der Waals surface area (Å²) in [5.74, 6) is 0.102. The van der Waals surface area contributed by atoms with Crippen LogP contribution in [0.25, 0.3) is 0 Å². The van der Waals surface area contributed by atoms with Crippen molar-refractivity contribution in [1.29, 1.82) is 0 Å². The summed E-state index contributed by atoms with van der Waals surface area (Å²) in [4.78, 5) is 23.8. The van der Waals surface area contributed by atoms with Crippen molar-refractivity contribution in [2.75, 3.05) is 11.9 Å². The molecule has 0 saturated heterocycles. The van der Waals surface area contributed by atoms with Gasteiger partial charge in [0.05, 0.1) is 0 Å². The van der Waals surface area contributed by atoms with Gasteiger partial charge in [-0.3, -0.25) is 9.59 Å². The lowest BCUT2D eigenvalue weighted by Gasteiger charge is -2.14. The van der Waals surface area contributed by atoms with E-state index >= 15 is 0 Å². The number of rotatable bonds is 6. The van der Waals surface area contributed by atoms with Crippen molar-refractivity contribution in [1.82, 2.24) is 5.32 Å². The van der Waals surface area contributed by atoms with Crippen molar-refractivity contribution in [2.45, 2.75) is 45.1 Å². The number of nitrogens with two attached hydrogens (primary N) is 1. The summed E-state index contributed by atoms with van der Waals surface area (Å²) < 4.78 is 0.